The Morgan fingerprint density at radius 3 is 2.62 bits per heavy atom. The second kappa shape index (κ2) is 4.11. The number of nitro groups is 1. The molecule has 1 fully saturated rings. The Morgan fingerprint density at radius 1 is 1.44 bits per heavy atom. The fourth-order valence-corrected chi connectivity index (χ4v) is 2.39. The number of nitrogens with zero attached hydrogens (tertiary/aromatic N) is 3. The van der Waals surface area contributed by atoms with Crippen molar-refractivity contribution in [1.82, 2.24) is 9.78 Å². The molecule has 0 aromatic carbocycles. The molecule has 1 aliphatic carbocycles. The van der Waals surface area contributed by atoms with E-state index in [1.165, 1.54) is 11.1 Å². The fraction of sp³-hybridized carbons (Fsp3) is 0.700. The van der Waals surface area contributed by atoms with Gasteiger partial charge < -0.3 is 5.73 Å². The van der Waals surface area contributed by atoms with Gasteiger partial charge in [0, 0.05) is 13.0 Å². The summed E-state index contributed by atoms with van der Waals surface area (Å²) in [5.41, 5.74) is 6.25. The van der Waals surface area contributed by atoms with E-state index in [4.69, 9.17) is 5.73 Å². The number of nitrogen functional groups attached to an aromatic ring is 1. The number of anilines is 1. The van der Waals surface area contributed by atoms with Gasteiger partial charge in [0.25, 0.3) is 0 Å². The minimum Gasteiger partial charge on any atom is -0.378 e. The molecule has 0 amide bonds. The molecule has 0 atom stereocenters. The van der Waals surface area contributed by atoms with Crippen LogP contribution < -0.4 is 5.73 Å². The molecule has 0 spiro atoms. The van der Waals surface area contributed by atoms with Gasteiger partial charge in [-0.2, -0.15) is 5.10 Å². The molecular weight excluding hydrogens is 208 g/mol. The number of aryl methyl sites for hydroxylation is 1. The second-order valence-electron chi connectivity index (χ2n) is 4.33. The molecule has 1 saturated carbocycles. The largest absolute Gasteiger partial charge is 0.378 e. The van der Waals surface area contributed by atoms with Gasteiger partial charge in [-0.05, 0) is 12.8 Å². The summed E-state index contributed by atoms with van der Waals surface area (Å²) in [6.07, 6.45) is 5.43. The normalized spacial score (nSPS) is 17.6. The Balaban J connectivity index is 2.38. The van der Waals surface area contributed by atoms with Crippen LogP contribution in [0.15, 0.2) is 0 Å². The summed E-state index contributed by atoms with van der Waals surface area (Å²) in [6, 6.07) is 0. The summed E-state index contributed by atoms with van der Waals surface area (Å²) in [4.78, 5) is 10.6. The van der Waals surface area contributed by atoms with Crippen molar-refractivity contribution in [2.75, 3.05) is 5.73 Å². The molecule has 1 aliphatic rings. The van der Waals surface area contributed by atoms with Crippen molar-refractivity contribution in [1.29, 1.82) is 0 Å². The lowest BCUT2D eigenvalue weighted by molar-refractivity contribution is -0.384. The molecule has 0 bridgehead atoms. The van der Waals surface area contributed by atoms with Crippen LogP contribution in [0.1, 0.15) is 43.7 Å². The van der Waals surface area contributed by atoms with Gasteiger partial charge in [-0.25, -0.2) is 4.68 Å². The zero-order valence-electron chi connectivity index (χ0n) is 9.35. The summed E-state index contributed by atoms with van der Waals surface area (Å²) in [7, 11) is 1.65. The highest BCUT2D eigenvalue weighted by Crippen LogP contribution is 2.38. The highest BCUT2D eigenvalue weighted by atomic mass is 16.6. The van der Waals surface area contributed by atoms with Gasteiger partial charge >= 0.3 is 5.69 Å². The van der Waals surface area contributed by atoms with E-state index in [0.29, 0.717) is 5.69 Å². The minimum atomic E-state index is -0.410. The SMILES string of the molecule is Cn1nc(C2CCCCC2)c([N+](=O)[O-])c1N. The Labute approximate surface area is 93.6 Å². The van der Waals surface area contributed by atoms with Crippen molar-refractivity contribution in [2.45, 2.75) is 38.0 Å². The Bertz CT molecular complexity index is 407. The average molecular weight is 224 g/mol. The molecule has 0 radical (unpaired) electrons. The van der Waals surface area contributed by atoms with Crippen molar-refractivity contribution in [3.05, 3.63) is 15.8 Å². The van der Waals surface area contributed by atoms with Crippen molar-refractivity contribution < 1.29 is 4.92 Å². The maximum atomic E-state index is 11.0. The zero-order valence-corrected chi connectivity index (χ0v) is 9.35. The molecule has 1 heterocycles. The van der Waals surface area contributed by atoms with E-state index in [0.717, 1.165) is 25.7 Å². The molecule has 6 heteroatoms. The predicted molar refractivity (Wildman–Crippen MR) is 60.1 cm³/mol. The standard InChI is InChI=1S/C10H16N4O2/c1-13-10(11)9(14(15)16)8(12-13)7-5-3-2-4-6-7/h7H,2-6,11H2,1H3. The number of aromatic nitrogens is 2. The van der Waals surface area contributed by atoms with Gasteiger partial charge in [-0.15, -0.1) is 0 Å². The van der Waals surface area contributed by atoms with Crippen molar-refractivity contribution in [3.63, 3.8) is 0 Å². The molecule has 2 N–H and O–H groups in total. The highest BCUT2D eigenvalue weighted by Gasteiger charge is 2.31. The van der Waals surface area contributed by atoms with Crippen LogP contribution in [0.2, 0.25) is 0 Å². The molecule has 1 aromatic heterocycles. The number of hydrogen-bond donors (Lipinski definition) is 1. The molecule has 16 heavy (non-hydrogen) atoms. The molecule has 6 nitrogen and oxygen atoms in total. The van der Waals surface area contributed by atoms with Crippen LogP contribution in [0.25, 0.3) is 0 Å². The first-order chi connectivity index (χ1) is 7.61. The van der Waals surface area contributed by atoms with Gasteiger partial charge in [0.15, 0.2) is 0 Å². The monoisotopic (exact) mass is 224 g/mol. The smallest absolute Gasteiger partial charge is 0.334 e. The summed E-state index contributed by atoms with van der Waals surface area (Å²) in [6.45, 7) is 0. The summed E-state index contributed by atoms with van der Waals surface area (Å²) in [5.74, 6) is 0.364. The van der Waals surface area contributed by atoms with E-state index in [1.54, 1.807) is 7.05 Å². The Kier molecular flexibility index (Phi) is 2.80. The van der Waals surface area contributed by atoms with E-state index in [2.05, 4.69) is 5.10 Å². The lowest BCUT2D eigenvalue weighted by Crippen LogP contribution is -2.07. The minimum absolute atomic E-state index is 0.00870. The van der Waals surface area contributed by atoms with Crippen LogP contribution in [-0.4, -0.2) is 14.7 Å². The molecule has 2 rings (SSSR count). The molecule has 0 aliphatic heterocycles. The van der Waals surface area contributed by atoms with E-state index in [9.17, 15) is 10.1 Å². The summed E-state index contributed by atoms with van der Waals surface area (Å²) >= 11 is 0. The Hall–Kier alpha value is -1.59. The van der Waals surface area contributed by atoms with Crippen LogP contribution in [0.3, 0.4) is 0 Å². The Morgan fingerprint density at radius 2 is 2.06 bits per heavy atom. The number of nitrogens with two attached hydrogens (primary N) is 1. The van der Waals surface area contributed by atoms with E-state index in [1.807, 2.05) is 0 Å². The molecular formula is C10H16N4O2. The third kappa shape index (κ3) is 1.75. The van der Waals surface area contributed by atoms with Gasteiger partial charge in [0.2, 0.25) is 5.82 Å². The van der Waals surface area contributed by atoms with Crippen LogP contribution >= 0.6 is 0 Å². The summed E-state index contributed by atoms with van der Waals surface area (Å²) in [5, 5.41) is 15.2. The van der Waals surface area contributed by atoms with Crippen molar-refractivity contribution >= 4 is 11.5 Å². The van der Waals surface area contributed by atoms with Crippen LogP contribution in [0, 0.1) is 10.1 Å². The first kappa shape index (κ1) is 10.9. The van der Waals surface area contributed by atoms with Crippen molar-refractivity contribution in [3.8, 4) is 0 Å². The molecule has 0 saturated heterocycles. The van der Waals surface area contributed by atoms with Gasteiger partial charge in [-0.1, -0.05) is 19.3 Å². The molecule has 0 unspecified atom stereocenters. The van der Waals surface area contributed by atoms with E-state index >= 15 is 0 Å². The highest BCUT2D eigenvalue weighted by molar-refractivity contribution is 5.57. The number of rotatable bonds is 2. The number of hydrogen-bond acceptors (Lipinski definition) is 4. The second-order valence-corrected chi connectivity index (χ2v) is 4.33. The lowest BCUT2D eigenvalue weighted by atomic mass is 9.86. The maximum absolute atomic E-state index is 11.0. The third-order valence-corrected chi connectivity index (χ3v) is 3.27. The first-order valence-corrected chi connectivity index (χ1v) is 5.58. The van der Waals surface area contributed by atoms with Gasteiger partial charge in [0.05, 0.1) is 4.92 Å². The van der Waals surface area contributed by atoms with Crippen LogP contribution in [0.4, 0.5) is 11.5 Å². The van der Waals surface area contributed by atoms with Crippen LogP contribution in [0.5, 0.6) is 0 Å². The van der Waals surface area contributed by atoms with Crippen LogP contribution in [-0.2, 0) is 7.05 Å². The average Bonchev–Trinajstić information content (AvgIpc) is 2.57. The third-order valence-electron chi connectivity index (χ3n) is 3.27. The lowest BCUT2D eigenvalue weighted by Gasteiger charge is -2.18. The predicted octanol–water partition coefficient (Wildman–Crippen LogP) is 1.96. The van der Waals surface area contributed by atoms with E-state index in [-0.39, 0.29) is 17.4 Å². The topological polar surface area (TPSA) is 87.0 Å². The summed E-state index contributed by atoms with van der Waals surface area (Å²) < 4.78 is 1.40. The molecule has 88 valence electrons. The van der Waals surface area contributed by atoms with Gasteiger partial charge in [0.1, 0.15) is 5.69 Å². The fourth-order valence-electron chi connectivity index (χ4n) is 2.39. The molecule has 1 aromatic rings. The van der Waals surface area contributed by atoms with Gasteiger partial charge in [-0.3, -0.25) is 10.1 Å². The quantitative estimate of drug-likeness (QED) is 0.614. The zero-order chi connectivity index (χ0) is 11.7. The first-order valence-electron chi connectivity index (χ1n) is 5.58. The van der Waals surface area contributed by atoms with Crippen molar-refractivity contribution in [2.24, 2.45) is 7.05 Å². The maximum Gasteiger partial charge on any atom is 0.334 e. The van der Waals surface area contributed by atoms with E-state index < -0.39 is 4.92 Å².